The number of carbonyl (C=O) groups excluding carboxylic acids is 1. The molecule has 0 aliphatic heterocycles. The van der Waals surface area contributed by atoms with Gasteiger partial charge in [-0.05, 0) is 30.7 Å². The summed E-state index contributed by atoms with van der Waals surface area (Å²) >= 11 is 0. The van der Waals surface area contributed by atoms with Crippen molar-refractivity contribution in [1.82, 2.24) is 0 Å². The first-order valence-corrected chi connectivity index (χ1v) is 3.86. The molecule has 1 aromatic carbocycles. The molecule has 0 atom stereocenters. The van der Waals surface area contributed by atoms with Crippen LogP contribution in [0, 0.1) is 6.92 Å². The van der Waals surface area contributed by atoms with Gasteiger partial charge in [0.15, 0.2) is 0 Å². The van der Waals surface area contributed by atoms with Gasteiger partial charge in [-0.25, -0.2) is 4.79 Å². The van der Waals surface area contributed by atoms with E-state index in [2.05, 4.69) is 9.73 Å². The van der Waals surface area contributed by atoms with Crippen LogP contribution in [0.2, 0.25) is 0 Å². The van der Waals surface area contributed by atoms with Gasteiger partial charge < -0.3 is 4.74 Å². The predicted molar refractivity (Wildman–Crippen MR) is 45.6 cm³/mol. The maximum Gasteiger partial charge on any atom is 0.573 e. The van der Waals surface area contributed by atoms with Crippen LogP contribution in [0.15, 0.2) is 23.2 Å². The number of nitrogens with zero attached hydrogens (tertiary/aromatic N) is 1. The summed E-state index contributed by atoms with van der Waals surface area (Å²) in [4.78, 5) is 13.2. The molecule has 0 aliphatic carbocycles. The second-order valence-electron chi connectivity index (χ2n) is 2.70. The van der Waals surface area contributed by atoms with Crippen molar-refractivity contribution in [2.24, 2.45) is 4.99 Å². The van der Waals surface area contributed by atoms with Gasteiger partial charge in [0.1, 0.15) is 5.75 Å². The minimum atomic E-state index is -4.72. The number of halogens is 3. The van der Waals surface area contributed by atoms with Crippen LogP contribution in [0.4, 0.5) is 18.9 Å². The van der Waals surface area contributed by atoms with Crippen molar-refractivity contribution in [3.63, 3.8) is 0 Å². The third-order valence-electron chi connectivity index (χ3n) is 1.57. The molecule has 0 saturated carbocycles. The zero-order valence-corrected chi connectivity index (χ0v) is 7.63. The van der Waals surface area contributed by atoms with Crippen LogP contribution in [0.3, 0.4) is 0 Å². The Labute approximate surface area is 83.2 Å². The predicted octanol–water partition coefficient (Wildman–Crippen LogP) is 2.86. The first-order chi connectivity index (χ1) is 6.92. The molecule has 15 heavy (non-hydrogen) atoms. The zero-order valence-electron chi connectivity index (χ0n) is 7.63. The van der Waals surface area contributed by atoms with E-state index in [1.54, 1.807) is 0 Å². The summed E-state index contributed by atoms with van der Waals surface area (Å²) in [5.41, 5.74) is 0.666. The van der Waals surface area contributed by atoms with Crippen molar-refractivity contribution in [1.29, 1.82) is 0 Å². The molecule has 0 saturated heterocycles. The number of rotatable bonds is 2. The van der Waals surface area contributed by atoms with Gasteiger partial charge in [-0.1, -0.05) is 0 Å². The largest absolute Gasteiger partial charge is 0.573 e. The number of hydrogen-bond donors (Lipinski definition) is 0. The lowest BCUT2D eigenvalue weighted by Gasteiger charge is -2.09. The smallest absolute Gasteiger partial charge is 0.406 e. The van der Waals surface area contributed by atoms with Gasteiger partial charge in [-0.3, -0.25) is 0 Å². The Morgan fingerprint density at radius 2 is 2.07 bits per heavy atom. The molecule has 0 spiro atoms. The van der Waals surface area contributed by atoms with Crippen molar-refractivity contribution in [2.45, 2.75) is 13.3 Å². The quantitative estimate of drug-likeness (QED) is 0.564. The lowest BCUT2D eigenvalue weighted by Crippen LogP contribution is -2.17. The Bertz CT molecular complexity index is 408. The summed E-state index contributed by atoms with van der Waals surface area (Å²) in [7, 11) is 0. The first-order valence-electron chi connectivity index (χ1n) is 3.86. The Kier molecular flexibility index (Phi) is 3.11. The molecule has 6 heteroatoms. The van der Waals surface area contributed by atoms with Crippen molar-refractivity contribution in [2.75, 3.05) is 0 Å². The van der Waals surface area contributed by atoms with E-state index >= 15 is 0 Å². The fourth-order valence-electron chi connectivity index (χ4n) is 1.000. The molecule has 0 unspecified atom stereocenters. The molecule has 0 radical (unpaired) electrons. The van der Waals surface area contributed by atoms with E-state index in [9.17, 15) is 18.0 Å². The van der Waals surface area contributed by atoms with Crippen LogP contribution in [-0.2, 0) is 4.79 Å². The molecule has 80 valence electrons. The van der Waals surface area contributed by atoms with Gasteiger partial charge in [-0.2, -0.15) is 4.99 Å². The molecule has 0 amide bonds. The Morgan fingerprint density at radius 3 is 2.53 bits per heavy atom. The molecule has 3 nitrogen and oxygen atoms in total. The number of alkyl halides is 3. The third kappa shape index (κ3) is 3.44. The number of benzene rings is 1. The number of isocyanates is 1. The maximum atomic E-state index is 11.8. The summed E-state index contributed by atoms with van der Waals surface area (Å²) in [6.45, 7) is 1.51. The van der Waals surface area contributed by atoms with Crippen LogP contribution < -0.4 is 4.74 Å². The lowest BCUT2D eigenvalue weighted by molar-refractivity contribution is -0.274. The Hall–Kier alpha value is -1.81. The number of aryl methyl sites for hydroxylation is 1. The third-order valence-corrected chi connectivity index (χ3v) is 1.57. The molecule has 1 rings (SSSR count). The highest BCUT2D eigenvalue weighted by Gasteiger charge is 2.31. The van der Waals surface area contributed by atoms with E-state index in [4.69, 9.17) is 0 Å². The van der Waals surface area contributed by atoms with E-state index in [1.807, 2.05) is 0 Å². The van der Waals surface area contributed by atoms with Gasteiger partial charge in [0.05, 0.1) is 5.69 Å². The number of ether oxygens (including phenoxy) is 1. The Balaban J connectivity index is 2.96. The van der Waals surface area contributed by atoms with Crippen LogP contribution in [0.25, 0.3) is 0 Å². The second-order valence-corrected chi connectivity index (χ2v) is 2.70. The fraction of sp³-hybridized carbons (Fsp3) is 0.222. The van der Waals surface area contributed by atoms with Crippen molar-refractivity contribution in [3.8, 4) is 5.75 Å². The minimum absolute atomic E-state index is 0.263. The highest BCUT2D eigenvalue weighted by Crippen LogP contribution is 2.27. The molecular formula is C9H6F3NO2. The van der Waals surface area contributed by atoms with Gasteiger partial charge in [0.25, 0.3) is 0 Å². The molecule has 0 N–H and O–H groups in total. The SMILES string of the molecule is Cc1cc(OC(F)(F)F)ccc1N=C=O. The fourth-order valence-corrected chi connectivity index (χ4v) is 1.000. The summed E-state index contributed by atoms with van der Waals surface area (Å²) < 4.78 is 39.1. The Morgan fingerprint density at radius 1 is 1.40 bits per heavy atom. The van der Waals surface area contributed by atoms with E-state index in [-0.39, 0.29) is 11.4 Å². The van der Waals surface area contributed by atoms with Crippen LogP contribution in [-0.4, -0.2) is 12.4 Å². The summed E-state index contributed by atoms with van der Waals surface area (Å²) in [6, 6.07) is 3.47. The summed E-state index contributed by atoms with van der Waals surface area (Å²) in [5, 5.41) is 0. The van der Waals surface area contributed by atoms with E-state index in [1.165, 1.54) is 19.1 Å². The number of hydrogen-bond acceptors (Lipinski definition) is 3. The topological polar surface area (TPSA) is 38.7 Å². The van der Waals surface area contributed by atoms with E-state index in [0.29, 0.717) is 5.56 Å². The second kappa shape index (κ2) is 4.14. The number of aliphatic imine (C=N–C) groups is 1. The zero-order chi connectivity index (χ0) is 11.5. The van der Waals surface area contributed by atoms with Gasteiger partial charge >= 0.3 is 6.36 Å². The first kappa shape index (κ1) is 11.3. The molecule has 0 fully saturated rings. The van der Waals surface area contributed by atoms with Crippen LogP contribution in [0.5, 0.6) is 5.75 Å². The molecule has 1 aromatic rings. The van der Waals surface area contributed by atoms with Gasteiger partial charge in [0, 0.05) is 0 Å². The summed E-state index contributed by atoms with van der Waals surface area (Å²) in [6.07, 6.45) is -3.42. The monoisotopic (exact) mass is 217 g/mol. The van der Waals surface area contributed by atoms with Crippen molar-refractivity contribution < 1.29 is 22.7 Å². The van der Waals surface area contributed by atoms with E-state index < -0.39 is 6.36 Å². The highest BCUT2D eigenvalue weighted by atomic mass is 19.4. The van der Waals surface area contributed by atoms with Crippen LogP contribution >= 0.6 is 0 Å². The molecular weight excluding hydrogens is 211 g/mol. The van der Waals surface area contributed by atoms with Crippen LogP contribution in [0.1, 0.15) is 5.56 Å². The standard InChI is InChI=1S/C9H6F3NO2/c1-6-4-7(15-9(10,11)12)2-3-8(6)13-5-14/h2-4H,1H3. The summed E-state index contributed by atoms with van der Waals surface area (Å²) in [5.74, 6) is -0.343. The molecule has 0 heterocycles. The highest BCUT2D eigenvalue weighted by molar-refractivity contribution is 5.55. The van der Waals surface area contributed by atoms with E-state index in [0.717, 1.165) is 12.1 Å². The molecule has 0 bridgehead atoms. The maximum absolute atomic E-state index is 11.8. The van der Waals surface area contributed by atoms with Gasteiger partial charge in [0.2, 0.25) is 6.08 Å². The van der Waals surface area contributed by atoms with Gasteiger partial charge in [-0.15, -0.1) is 13.2 Å². The average Bonchev–Trinajstić information content (AvgIpc) is 2.07. The normalized spacial score (nSPS) is 10.7. The lowest BCUT2D eigenvalue weighted by atomic mass is 10.2. The minimum Gasteiger partial charge on any atom is -0.406 e. The average molecular weight is 217 g/mol. The molecule has 0 aromatic heterocycles. The molecule has 0 aliphatic rings. The van der Waals surface area contributed by atoms with Crippen molar-refractivity contribution >= 4 is 11.8 Å². The van der Waals surface area contributed by atoms with Crippen molar-refractivity contribution in [3.05, 3.63) is 23.8 Å².